The van der Waals surface area contributed by atoms with E-state index in [1.807, 2.05) is 4.72 Å². The van der Waals surface area contributed by atoms with Crippen LogP contribution in [0.1, 0.15) is 0 Å². The number of sulfonamides is 1. The zero-order valence-corrected chi connectivity index (χ0v) is 7.65. The molecule has 0 saturated carbocycles. The molecule has 0 aliphatic heterocycles. The Morgan fingerprint density at radius 3 is 2.42 bits per heavy atom. The average molecular weight is 214 g/mol. The summed E-state index contributed by atoms with van der Waals surface area (Å²) < 4.78 is 23.5. The quantitative estimate of drug-likeness (QED) is 0.659. The molecule has 0 rings (SSSR count). The molecule has 0 aromatic heterocycles. The molecule has 0 heterocycles. The van der Waals surface area contributed by atoms with Crippen molar-refractivity contribution in [2.75, 3.05) is 12.3 Å². The lowest BCUT2D eigenvalue weighted by atomic mass is 10.7. The summed E-state index contributed by atoms with van der Waals surface area (Å²) in [5.74, 6) is -2.38. The summed E-state index contributed by atoms with van der Waals surface area (Å²) in [6.45, 7) is 3.07. The van der Waals surface area contributed by atoms with Crippen LogP contribution in [0.4, 0.5) is 0 Å². The minimum Gasteiger partial charge on any atom is -0.480 e. The van der Waals surface area contributed by atoms with E-state index >= 15 is 0 Å². The van der Waals surface area contributed by atoms with Crippen molar-refractivity contribution in [1.82, 2.24) is 4.72 Å². The van der Waals surface area contributed by atoms with Gasteiger partial charge in [-0.1, -0.05) is 18.2 Å². The Labute approximate surface area is 75.1 Å². The first-order valence-corrected chi connectivity index (χ1v) is 4.89. The van der Waals surface area contributed by atoms with E-state index < -0.39 is 21.7 Å². The molecule has 0 bridgehead atoms. The van der Waals surface area contributed by atoms with Gasteiger partial charge in [0.15, 0.2) is 5.75 Å². The fourth-order valence-corrected chi connectivity index (χ4v) is 1.37. The Bertz CT molecular complexity index is 284. The van der Waals surface area contributed by atoms with Crippen LogP contribution < -0.4 is 4.72 Å². The molecule has 0 fully saturated rings. The molecule has 0 unspecified atom stereocenters. The summed E-state index contributed by atoms with van der Waals surface area (Å²) in [7, 11) is -3.77. The Morgan fingerprint density at radius 1 is 1.58 bits per heavy atom. The Morgan fingerprint density at radius 2 is 2.08 bits per heavy atom. The second-order valence-electron chi connectivity index (χ2n) is 1.99. The van der Waals surface area contributed by atoms with Crippen molar-refractivity contribution in [3.05, 3.63) is 11.6 Å². The third kappa shape index (κ3) is 6.14. The van der Waals surface area contributed by atoms with Crippen molar-refractivity contribution in [2.24, 2.45) is 0 Å². The molecule has 5 nitrogen and oxygen atoms in total. The van der Waals surface area contributed by atoms with Gasteiger partial charge in [0.25, 0.3) is 0 Å². The first-order chi connectivity index (χ1) is 5.33. The van der Waals surface area contributed by atoms with Gasteiger partial charge in [-0.3, -0.25) is 4.79 Å². The maximum Gasteiger partial charge on any atom is 0.320 e. The van der Waals surface area contributed by atoms with Crippen LogP contribution in [0.3, 0.4) is 0 Å². The average Bonchev–Trinajstić information content (AvgIpc) is 1.81. The number of nitrogens with one attached hydrogen (secondary N) is 1. The van der Waals surface area contributed by atoms with Crippen LogP contribution in [0.25, 0.3) is 0 Å². The highest BCUT2D eigenvalue weighted by Gasteiger charge is 2.14. The van der Waals surface area contributed by atoms with E-state index in [1.54, 1.807) is 0 Å². The summed E-state index contributed by atoms with van der Waals surface area (Å²) in [6.07, 6.45) is 0. The minimum atomic E-state index is -3.77. The molecule has 0 aromatic carbocycles. The third-order valence-electron chi connectivity index (χ3n) is 0.797. The molecule has 0 aliphatic carbocycles. The van der Waals surface area contributed by atoms with Gasteiger partial charge < -0.3 is 5.11 Å². The van der Waals surface area contributed by atoms with Crippen molar-refractivity contribution >= 4 is 27.6 Å². The van der Waals surface area contributed by atoms with E-state index in [0.29, 0.717) is 0 Å². The topological polar surface area (TPSA) is 83.5 Å². The maximum atomic E-state index is 10.8. The zero-order chi connectivity index (χ0) is 9.78. The molecule has 0 radical (unpaired) electrons. The first kappa shape index (κ1) is 11.4. The lowest BCUT2D eigenvalue weighted by molar-refractivity contribution is -0.134. The van der Waals surface area contributed by atoms with E-state index in [4.69, 9.17) is 16.7 Å². The Hall–Kier alpha value is -0.590. The number of hydrogen-bond acceptors (Lipinski definition) is 3. The molecule has 0 atom stereocenters. The molecule has 2 N–H and O–H groups in total. The minimum absolute atomic E-state index is 0.101. The fourth-order valence-electron chi connectivity index (χ4n) is 0.402. The molecule has 0 saturated heterocycles. The monoisotopic (exact) mass is 213 g/mol. The second kappa shape index (κ2) is 4.44. The van der Waals surface area contributed by atoms with Gasteiger partial charge in [0, 0.05) is 11.6 Å². The Kier molecular flexibility index (Phi) is 4.22. The lowest BCUT2D eigenvalue weighted by Crippen LogP contribution is -2.30. The van der Waals surface area contributed by atoms with Gasteiger partial charge >= 0.3 is 5.97 Å². The van der Waals surface area contributed by atoms with Crippen LogP contribution in [0, 0.1) is 0 Å². The predicted octanol–water partition coefficient (Wildman–Crippen LogP) is -0.257. The number of rotatable bonds is 5. The van der Waals surface area contributed by atoms with Crippen molar-refractivity contribution in [2.45, 2.75) is 0 Å². The van der Waals surface area contributed by atoms with Gasteiger partial charge in [0.2, 0.25) is 10.0 Å². The van der Waals surface area contributed by atoms with Gasteiger partial charge in [-0.05, 0) is 0 Å². The van der Waals surface area contributed by atoms with E-state index in [1.165, 1.54) is 0 Å². The van der Waals surface area contributed by atoms with Crippen molar-refractivity contribution in [3.63, 3.8) is 0 Å². The van der Waals surface area contributed by atoms with Crippen molar-refractivity contribution in [3.8, 4) is 0 Å². The molecule has 0 aromatic rings. The normalized spacial score (nSPS) is 11.1. The number of aliphatic carboxylic acids is 1. The molecular weight excluding hydrogens is 206 g/mol. The third-order valence-corrected chi connectivity index (χ3v) is 2.14. The molecular formula is C5H8ClNO4S. The molecule has 7 heteroatoms. The zero-order valence-electron chi connectivity index (χ0n) is 6.08. The standard InChI is InChI=1S/C5H8ClNO4S/c1-4(6)2-7-12(10,11)3-5(8)9/h7H,1-3H2,(H,8,9). The molecule has 12 heavy (non-hydrogen) atoms. The van der Waals surface area contributed by atoms with Gasteiger partial charge in [0.05, 0.1) is 0 Å². The van der Waals surface area contributed by atoms with Crippen molar-refractivity contribution < 1.29 is 18.3 Å². The molecule has 0 aliphatic rings. The van der Waals surface area contributed by atoms with Gasteiger partial charge in [-0.2, -0.15) is 0 Å². The van der Waals surface area contributed by atoms with Crippen LogP contribution in [0.2, 0.25) is 0 Å². The highest BCUT2D eigenvalue weighted by Crippen LogP contribution is 1.94. The lowest BCUT2D eigenvalue weighted by Gasteiger charge is -2.01. The van der Waals surface area contributed by atoms with Crippen LogP contribution in [-0.4, -0.2) is 31.8 Å². The SMILES string of the molecule is C=C(Cl)CNS(=O)(=O)CC(=O)O. The highest BCUT2D eigenvalue weighted by molar-refractivity contribution is 7.90. The summed E-state index contributed by atoms with van der Waals surface area (Å²) in [4.78, 5) is 9.99. The first-order valence-electron chi connectivity index (χ1n) is 2.86. The summed E-state index contributed by atoms with van der Waals surface area (Å²) in [5.41, 5.74) is 0. The summed E-state index contributed by atoms with van der Waals surface area (Å²) in [5, 5.41) is 8.24. The number of carbonyl (C=O) groups is 1. The number of hydrogen-bond donors (Lipinski definition) is 2. The van der Waals surface area contributed by atoms with E-state index in [0.717, 1.165) is 0 Å². The maximum absolute atomic E-state index is 10.8. The van der Waals surface area contributed by atoms with Crippen LogP contribution in [0.15, 0.2) is 11.6 Å². The summed E-state index contributed by atoms with van der Waals surface area (Å²) >= 11 is 5.25. The van der Waals surface area contributed by atoms with Crippen LogP contribution >= 0.6 is 11.6 Å². The highest BCUT2D eigenvalue weighted by atomic mass is 35.5. The van der Waals surface area contributed by atoms with Crippen molar-refractivity contribution in [1.29, 1.82) is 0 Å². The van der Waals surface area contributed by atoms with Gasteiger partial charge in [-0.25, -0.2) is 13.1 Å². The van der Waals surface area contributed by atoms with Crippen LogP contribution in [-0.2, 0) is 14.8 Å². The van der Waals surface area contributed by atoms with Crippen LogP contribution in [0.5, 0.6) is 0 Å². The largest absolute Gasteiger partial charge is 0.480 e. The number of carboxylic acid groups (broad SMARTS) is 1. The smallest absolute Gasteiger partial charge is 0.320 e. The molecule has 0 amide bonds. The fraction of sp³-hybridized carbons (Fsp3) is 0.400. The van der Waals surface area contributed by atoms with Gasteiger partial charge in [0.1, 0.15) is 0 Å². The van der Waals surface area contributed by atoms with Gasteiger partial charge in [-0.15, -0.1) is 0 Å². The summed E-state index contributed by atoms with van der Waals surface area (Å²) in [6, 6.07) is 0. The van der Waals surface area contributed by atoms with E-state index in [2.05, 4.69) is 6.58 Å². The van der Waals surface area contributed by atoms with E-state index in [9.17, 15) is 13.2 Å². The number of carboxylic acids is 1. The van der Waals surface area contributed by atoms with E-state index in [-0.39, 0.29) is 11.6 Å². The molecule has 0 spiro atoms. The predicted molar refractivity (Wildman–Crippen MR) is 44.4 cm³/mol. The number of halogens is 1. The Balaban J connectivity index is 4.06. The second-order valence-corrected chi connectivity index (χ2v) is 4.33. The molecule has 70 valence electrons.